The summed E-state index contributed by atoms with van der Waals surface area (Å²) in [6.45, 7) is 1.62. The molecule has 1 aliphatic carbocycles. The van der Waals surface area contributed by atoms with E-state index in [4.69, 9.17) is 4.98 Å². The van der Waals surface area contributed by atoms with Gasteiger partial charge >= 0.3 is 6.18 Å². The smallest absolute Gasteiger partial charge is 0.331 e. The van der Waals surface area contributed by atoms with Crippen LogP contribution in [0.25, 0.3) is 10.9 Å². The minimum Gasteiger partial charge on any atom is -0.331 e. The largest absolute Gasteiger partial charge is 0.416 e. The number of rotatable bonds is 3. The van der Waals surface area contributed by atoms with Crippen LogP contribution in [0.15, 0.2) is 40.1 Å². The second-order valence-corrected chi connectivity index (χ2v) is 7.87. The van der Waals surface area contributed by atoms with E-state index in [1.807, 2.05) is 17.7 Å². The Morgan fingerprint density at radius 2 is 2.04 bits per heavy atom. The fourth-order valence-corrected chi connectivity index (χ4v) is 3.72. The Kier molecular flexibility index (Phi) is 4.77. The van der Waals surface area contributed by atoms with Gasteiger partial charge < -0.3 is 4.57 Å². The van der Waals surface area contributed by atoms with Gasteiger partial charge in [0.1, 0.15) is 10.4 Å². The molecular weight excluding hydrogens is 433 g/mol. The van der Waals surface area contributed by atoms with E-state index < -0.39 is 11.7 Å². The molecule has 8 heteroatoms. The lowest BCUT2D eigenvalue weighted by molar-refractivity contribution is -0.138. The molecule has 146 valence electrons. The predicted octanol–water partition coefficient (Wildman–Crippen LogP) is 5.04. The summed E-state index contributed by atoms with van der Waals surface area (Å²) >= 11 is 3.38. The van der Waals surface area contributed by atoms with E-state index in [1.54, 1.807) is 12.3 Å². The zero-order chi connectivity index (χ0) is 20.1. The molecule has 4 rings (SSSR count). The molecule has 0 atom stereocenters. The molecule has 0 aliphatic heterocycles. The lowest BCUT2D eigenvalue weighted by atomic mass is 10.0. The summed E-state index contributed by atoms with van der Waals surface area (Å²) in [4.78, 5) is 13.6. The van der Waals surface area contributed by atoms with Crippen LogP contribution in [0, 0.1) is 6.92 Å². The molecule has 0 bridgehead atoms. The number of aromatic nitrogens is 3. The molecule has 2 heterocycles. The number of hydrogen-bond donors (Lipinski definition) is 0. The van der Waals surface area contributed by atoms with Crippen molar-refractivity contribution in [2.45, 2.75) is 38.4 Å². The lowest BCUT2D eigenvalue weighted by Crippen LogP contribution is -2.19. The van der Waals surface area contributed by atoms with Gasteiger partial charge in [0.25, 0.3) is 0 Å². The molecule has 0 N–H and O–H groups in total. The Hall–Kier alpha value is -2.22. The number of fused-ring (bicyclic) bond motifs is 1. The minimum atomic E-state index is -4.37. The summed E-state index contributed by atoms with van der Waals surface area (Å²) < 4.78 is 42.2. The molecule has 0 amide bonds. The molecule has 0 spiro atoms. The van der Waals surface area contributed by atoms with E-state index in [0.717, 1.165) is 35.6 Å². The highest BCUT2D eigenvalue weighted by Crippen LogP contribution is 2.39. The monoisotopic (exact) mass is 450 g/mol. The van der Waals surface area contributed by atoms with Crippen LogP contribution in [-0.4, -0.2) is 14.5 Å². The van der Waals surface area contributed by atoms with E-state index in [-0.39, 0.29) is 12.1 Å². The molecule has 1 fully saturated rings. The highest BCUT2D eigenvalue weighted by molar-refractivity contribution is 9.10. The van der Waals surface area contributed by atoms with Gasteiger partial charge in [-0.05, 0) is 59.0 Å². The number of benzene rings is 1. The van der Waals surface area contributed by atoms with Gasteiger partial charge in [0, 0.05) is 18.4 Å². The Labute approximate surface area is 168 Å². The average molecular weight is 451 g/mol. The van der Waals surface area contributed by atoms with Crippen LogP contribution in [0.1, 0.15) is 41.3 Å². The molecule has 0 radical (unpaired) electrons. The number of alkyl halides is 3. The fourth-order valence-electron chi connectivity index (χ4n) is 3.39. The number of pyridine rings is 1. The topological polar surface area (TPSA) is 43.1 Å². The maximum absolute atomic E-state index is 13.2. The van der Waals surface area contributed by atoms with E-state index in [0.29, 0.717) is 21.6 Å². The molecule has 2 aromatic heterocycles. The molecule has 1 aromatic carbocycles. The van der Waals surface area contributed by atoms with E-state index in [1.165, 1.54) is 13.0 Å². The van der Waals surface area contributed by atoms with Crippen LogP contribution in [0.3, 0.4) is 0 Å². The Bertz CT molecular complexity index is 1130. The van der Waals surface area contributed by atoms with Gasteiger partial charge in [-0.1, -0.05) is 12.1 Å². The van der Waals surface area contributed by atoms with Crippen molar-refractivity contribution in [1.82, 2.24) is 14.5 Å². The number of aryl methyl sites for hydroxylation is 1. The average Bonchev–Trinajstić information content (AvgIpc) is 3.46. The van der Waals surface area contributed by atoms with Crippen molar-refractivity contribution in [3.05, 3.63) is 63.1 Å². The highest BCUT2D eigenvalue weighted by atomic mass is 79.9. The minimum absolute atomic E-state index is 0.135. The van der Waals surface area contributed by atoms with Gasteiger partial charge in [0.2, 0.25) is 0 Å². The normalized spacial score (nSPS) is 15.4. The van der Waals surface area contributed by atoms with Crippen LogP contribution in [0.2, 0.25) is 0 Å². The third kappa shape index (κ3) is 3.57. The predicted molar refractivity (Wildman–Crippen MR) is 104 cm³/mol. The van der Waals surface area contributed by atoms with E-state index in [2.05, 4.69) is 25.9 Å². The van der Waals surface area contributed by atoms with Crippen molar-refractivity contribution in [3.63, 3.8) is 0 Å². The molecule has 4 nitrogen and oxygen atoms in total. The molecular formula is C20H18BrF3N4. The van der Waals surface area contributed by atoms with E-state index in [9.17, 15) is 13.2 Å². The van der Waals surface area contributed by atoms with Crippen LogP contribution < -0.4 is 5.49 Å². The molecule has 1 saturated carbocycles. The lowest BCUT2D eigenvalue weighted by Gasteiger charge is -2.13. The van der Waals surface area contributed by atoms with Gasteiger partial charge in [-0.2, -0.15) is 13.2 Å². The van der Waals surface area contributed by atoms with Gasteiger partial charge in [-0.15, -0.1) is 0 Å². The summed E-state index contributed by atoms with van der Waals surface area (Å²) in [6, 6.07) is 6.05. The zero-order valence-corrected chi connectivity index (χ0v) is 17.0. The second-order valence-electron chi connectivity index (χ2n) is 7.05. The maximum Gasteiger partial charge on any atom is 0.416 e. The van der Waals surface area contributed by atoms with Crippen molar-refractivity contribution >= 4 is 26.8 Å². The standard InChI is InChI=1S/C20H18BrF3N4/c1-11-13(4-3-5-15(11)20(22,23)24)9-26-18-14-8-17(21)25-10-16(14)28(2)19(27-18)12-6-7-12/h3-5,8,10,12H,6-7,9H2,1-2H3. The van der Waals surface area contributed by atoms with Gasteiger partial charge in [0.05, 0.1) is 23.8 Å². The highest BCUT2D eigenvalue weighted by Gasteiger charge is 2.32. The molecule has 3 aromatic rings. The van der Waals surface area contributed by atoms with Gasteiger partial charge in [0.15, 0.2) is 5.49 Å². The van der Waals surface area contributed by atoms with Crippen molar-refractivity contribution in [2.24, 2.45) is 12.0 Å². The van der Waals surface area contributed by atoms with Crippen molar-refractivity contribution in [2.75, 3.05) is 0 Å². The van der Waals surface area contributed by atoms with Crippen molar-refractivity contribution in [3.8, 4) is 0 Å². The van der Waals surface area contributed by atoms with Crippen LogP contribution in [0.4, 0.5) is 13.2 Å². The molecule has 28 heavy (non-hydrogen) atoms. The number of hydrogen-bond acceptors (Lipinski definition) is 3. The second kappa shape index (κ2) is 6.99. The molecule has 0 saturated heterocycles. The SMILES string of the molecule is Cc1c(CN=c2nc(C3CC3)n(C)c3cnc(Br)cc23)cccc1C(F)(F)F. The van der Waals surface area contributed by atoms with Gasteiger partial charge in [-0.3, -0.25) is 4.99 Å². The fraction of sp³-hybridized carbons (Fsp3) is 0.350. The first-order valence-corrected chi connectivity index (χ1v) is 9.73. The first-order valence-electron chi connectivity index (χ1n) is 8.94. The Morgan fingerprint density at radius 1 is 1.29 bits per heavy atom. The van der Waals surface area contributed by atoms with Crippen LogP contribution >= 0.6 is 15.9 Å². The summed E-state index contributed by atoms with van der Waals surface area (Å²) in [5.74, 6) is 1.35. The molecule has 0 unspecified atom stereocenters. The summed E-state index contributed by atoms with van der Waals surface area (Å²) in [7, 11) is 1.96. The van der Waals surface area contributed by atoms with Crippen molar-refractivity contribution < 1.29 is 13.2 Å². The first kappa shape index (κ1) is 19.1. The first-order chi connectivity index (χ1) is 13.3. The van der Waals surface area contributed by atoms with E-state index >= 15 is 0 Å². The number of nitrogens with zero attached hydrogens (tertiary/aromatic N) is 4. The Morgan fingerprint density at radius 3 is 2.71 bits per heavy atom. The Balaban J connectivity index is 1.84. The number of halogens is 4. The quantitative estimate of drug-likeness (QED) is 0.524. The summed E-state index contributed by atoms with van der Waals surface area (Å²) in [6.07, 6.45) is -0.437. The van der Waals surface area contributed by atoms with Crippen LogP contribution in [-0.2, 0) is 19.8 Å². The van der Waals surface area contributed by atoms with Crippen LogP contribution in [0.5, 0.6) is 0 Å². The summed E-state index contributed by atoms with van der Waals surface area (Å²) in [5, 5.41) is 0.818. The van der Waals surface area contributed by atoms with Gasteiger partial charge in [-0.25, -0.2) is 9.97 Å². The molecule has 1 aliphatic rings. The third-order valence-corrected chi connectivity index (χ3v) is 5.54. The zero-order valence-electron chi connectivity index (χ0n) is 15.4. The summed E-state index contributed by atoms with van der Waals surface area (Å²) in [5.41, 5.74) is 1.56. The third-order valence-electron chi connectivity index (χ3n) is 5.11. The maximum atomic E-state index is 13.2. The van der Waals surface area contributed by atoms with Crippen molar-refractivity contribution in [1.29, 1.82) is 0 Å².